The highest BCUT2D eigenvalue weighted by Crippen LogP contribution is 2.41. The summed E-state index contributed by atoms with van der Waals surface area (Å²) in [7, 11) is 0. The molecule has 1 saturated carbocycles. The molecule has 0 saturated heterocycles. The van der Waals surface area contributed by atoms with Gasteiger partial charge in [0.25, 0.3) is 5.56 Å². The lowest BCUT2D eigenvalue weighted by molar-refractivity contribution is 0.681. The van der Waals surface area contributed by atoms with Crippen LogP contribution >= 0.6 is 15.9 Å². The third kappa shape index (κ3) is 1.19. The van der Waals surface area contributed by atoms with Gasteiger partial charge in [-0.05, 0) is 34.8 Å². The van der Waals surface area contributed by atoms with Gasteiger partial charge in [-0.2, -0.15) is 5.10 Å². The molecular weight excluding hydrogens is 222 g/mol. The van der Waals surface area contributed by atoms with E-state index >= 15 is 0 Å². The molecule has 5 heteroatoms. The number of nitrogens with one attached hydrogen (secondary N) is 1. The minimum absolute atomic E-state index is 0.219. The van der Waals surface area contributed by atoms with Crippen molar-refractivity contribution < 1.29 is 0 Å². The van der Waals surface area contributed by atoms with Crippen molar-refractivity contribution >= 4 is 15.9 Å². The van der Waals surface area contributed by atoms with E-state index in [-0.39, 0.29) is 11.1 Å². The summed E-state index contributed by atoms with van der Waals surface area (Å²) in [6.45, 7) is 0. The van der Waals surface area contributed by atoms with Gasteiger partial charge in [-0.3, -0.25) is 4.79 Å². The number of aromatic amines is 1. The molecule has 0 aromatic carbocycles. The number of aromatic nitrogens is 2. The lowest BCUT2D eigenvalue weighted by atomic mass is 10.2. The van der Waals surface area contributed by atoms with Crippen LogP contribution in [0.1, 0.15) is 18.5 Å². The molecule has 1 aromatic heterocycles. The number of hydrogen-bond acceptors (Lipinski definition) is 3. The molecule has 0 atom stereocenters. The first-order valence-corrected chi connectivity index (χ1v) is 4.46. The fraction of sp³-hybridized carbons (Fsp3) is 0.429. The van der Waals surface area contributed by atoms with Crippen molar-refractivity contribution in [3.05, 3.63) is 26.6 Å². The van der Waals surface area contributed by atoms with Crippen molar-refractivity contribution in [3.63, 3.8) is 0 Å². The molecule has 0 bridgehead atoms. The van der Waals surface area contributed by atoms with E-state index in [1.165, 1.54) is 0 Å². The summed E-state index contributed by atoms with van der Waals surface area (Å²) < 4.78 is 0.490. The van der Waals surface area contributed by atoms with Crippen LogP contribution < -0.4 is 11.3 Å². The fourth-order valence-corrected chi connectivity index (χ4v) is 1.33. The lowest BCUT2D eigenvalue weighted by Crippen LogP contribution is -2.23. The summed E-state index contributed by atoms with van der Waals surface area (Å²) in [5, 5.41) is 6.26. The van der Waals surface area contributed by atoms with E-state index in [0.29, 0.717) is 4.47 Å². The van der Waals surface area contributed by atoms with Crippen LogP contribution in [0.5, 0.6) is 0 Å². The summed E-state index contributed by atoms with van der Waals surface area (Å²) >= 11 is 3.13. The van der Waals surface area contributed by atoms with Gasteiger partial charge in [-0.25, -0.2) is 5.10 Å². The molecule has 1 aromatic rings. The van der Waals surface area contributed by atoms with Crippen LogP contribution in [0.4, 0.5) is 0 Å². The zero-order chi connectivity index (χ0) is 8.77. The molecule has 64 valence electrons. The minimum Gasteiger partial charge on any atom is -0.320 e. The highest BCUT2D eigenvalue weighted by Gasteiger charge is 2.41. The van der Waals surface area contributed by atoms with Crippen molar-refractivity contribution in [3.8, 4) is 0 Å². The zero-order valence-corrected chi connectivity index (χ0v) is 7.89. The van der Waals surface area contributed by atoms with E-state index in [9.17, 15) is 4.79 Å². The van der Waals surface area contributed by atoms with Crippen LogP contribution in [-0.4, -0.2) is 10.2 Å². The zero-order valence-electron chi connectivity index (χ0n) is 6.30. The minimum atomic E-state index is -0.285. The topological polar surface area (TPSA) is 71.8 Å². The normalized spacial score (nSPS) is 19.2. The Bertz CT molecular complexity index is 369. The average molecular weight is 230 g/mol. The SMILES string of the molecule is NC1(c2cc(Br)c(=O)[nH]n2)CC1. The number of nitrogens with zero attached hydrogens (tertiary/aromatic N) is 1. The number of H-pyrrole nitrogens is 1. The third-order valence-electron chi connectivity index (χ3n) is 2.06. The van der Waals surface area contributed by atoms with E-state index in [0.717, 1.165) is 18.5 Å². The molecular formula is C7H8BrN3O. The molecule has 2 rings (SSSR count). The summed E-state index contributed by atoms with van der Waals surface area (Å²) in [6.07, 6.45) is 1.89. The van der Waals surface area contributed by atoms with E-state index in [1.54, 1.807) is 6.07 Å². The van der Waals surface area contributed by atoms with Gasteiger partial charge in [0.05, 0.1) is 15.7 Å². The van der Waals surface area contributed by atoms with Crippen LogP contribution in [-0.2, 0) is 5.54 Å². The monoisotopic (exact) mass is 229 g/mol. The second-order valence-electron chi connectivity index (χ2n) is 3.09. The van der Waals surface area contributed by atoms with Crippen LogP contribution in [0.3, 0.4) is 0 Å². The third-order valence-corrected chi connectivity index (χ3v) is 2.65. The Hall–Kier alpha value is -0.680. The molecule has 0 unspecified atom stereocenters. The summed E-state index contributed by atoms with van der Waals surface area (Å²) in [5.41, 5.74) is 6.14. The maximum absolute atomic E-state index is 10.9. The van der Waals surface area contributed by atoms with Gasteiger partial charge in [-0.1, -0.05) is 0 Å². The summed E-state index contributed by atoms with van der Waals surface area (Å²) in [6, 6.07) is 1.69. The highest BCUT2D eigenvalue weighted by molar-refractivity contribution is 9.10. The van der Waals surface area contributed by atoms with E-state index < -0.39 is 0 Å². The van der Waals surface area contributed by atoms with Crippen molar-refractivity contribution in [2.45, 2.75) is 18.4 Å². The van der Waals surface area contributed by atoms with Gasteiger partial charge in [0, 0.05) is 0 Å². The molecule has 0 spiro atoms. The Morgan fingerprint density at radius 1 is 1.67 bits per heavy atom. The Balaban J connectivity index is 2.48. The van der Waals surface area contributed by atoms with Gasteiger partial charge in [0.2, 0.25) is 0 Å². The maximum atomic E-state index is 10.9. The second-order valence-corrected chi connectivity index (χ2v) is 3.94. The Labute approximate surface area is 77.3 Å². The van der Waals surface area contributed by atoms with Crippen molar-refractivity contribution in [1.29, 1.82) is 0 Å². The van der Waals surface area contributed by atoms with Gasteiger partial charge in [-0.15, -0.1) is 0 Å². The Morgan fingerprint density at radius 3 is 2.83 bits per heavy atom. The van der Waals surface area contributed by atoms with Crippen LogP contribution in [0.15, 0.2) is 15.3 Å². The molecule has 1 aliphatic rings. The van der Waals surface area contributed by atoms with E-state index in [2.05, 4.69) is 26.1 Å². The number of hydrogen-bond donors (Lipinski definition) is 2. The first kappa shape index (κ1) is 7.94. The fourth-order valence-electron chi connectivity index (χ4n) is 1.03. The predicted molar refractivity (Wildman–Crippen MR) is 47.7 cm³/mol. The van der Waals surface area contributed by atoms with Gasteiger partial charge in [0.15, 0.2) is 0 Å². The Kier molecular flexibility index (Phi) is 1.59. The molecule has 0 amide bonds. The average Bonchev–Trinajstić information content (AvgIpc) is 2.75. The highest BCUT2D eigenvalue weighted by atomic mass is 79.9. The molecule has 12 heavy (non-hydrogen) atoms. The molecule has 1 fully saturated rings. The van der Waals surface area contributed by atoms with E-state index in [4.69, 9.17) is 5.73 Å². The standard InChI is InChI=1S/C7H8BrN3O/c8-4-3-5(7(9)1-2-7)10-11-6(4)12/h3H,1-2,9H2,(H,11,12). The van der Waals surface area contributed by atoms with Crippen LogP contribution in [0.25, 0.3) is 0 Å². The Morgan fingerprint density at radius 2 is 2.33 bits per heavy atom. The van der Waals surface area contributed by atoms with Crippen molar-refractivity contribution in [1.82, 2.24) is 10.2 Å². The number of halogens is 1. The van der Waals surface area contributed by atoms with Crippen molar-refractivity contribution in [2.24, 2.45) is 5.73 Å². The summed E-state index contributed by atoms with van der Waals surface area (Å²) in [4.78, 5) is 10.9. The second kappa shape index (κ2) is 2.40. The first-order valence-electron chi connectivity index (χ1n) is 3.66. The molecule has 0 aliphatic heterocycles. The molecule has 1 heterocycles. The summed E-state index contributed by atoms with van der Waals surface area (Å²) in [5.74, 6) is 0. The molecule has 1 aliphatic carbocycles. The van der Waals surface area contributed by atoms with Crippen molar-refractivity contribution in [2.75, 3.05) is 0 Å². The van der Waals surface area contributed by atoms with Crippen LogP contribution in [0.2, 0.25) is 0 Å². The van der Waals surface area contributed by atoms with Gasteiger partial charge in [0.1, 0.15) is 0 Å². The lowest BCUT2D eigenvalue weighted by Gasteiger charge is -2.05. The van der Waals surface area contributed by atoms with Gasteiger partial charge < -0.3 is 5.73 Å². The molecule has 3 N–H and O–H groups in total. The largest absolute Gasteiger partial charge is 0.320 e. The smallest absolute Gasteiger partial charge is 0.278 e. The van der Waals surface area contributed by atoms with Gasteiger partial charge >= 0.3 is 0 Å². The first-order chi connectivity index (χ1) is 5.62. The van der Waals surface area contributed by atoms with E-state index in [1.807, 2.05) is 0 Å². The number of rotatable bonds is 1. The molecule has 0 radical (unpaired) electrons. The predicted octanol–water partition coefficient (Wildman–Crippen LogP) is 0.480. The maximum Gasteiger partial charge on any atom is 0.278 e. The molecule has 4 nitrogen and oxygen atoms in total. The number of nitrogens with two attached hydrogens (primary N) is 1. The van der Waals surface area contributed by atoms with Crippen LogP contribution in [0, 0.1) is 0 Å². The quantitative estimate of drug-likeness (QED) is 0.736.